The first-order valence-electron chi connectivity index (χ1n) is 6.85. The Morgan fingerprint density at radius 3 is 2.41 bits per heavy atom. The second-order valence-electron chi connectivity index (χ2n) is 4.64. The Bertz CT molecular complexity index is 758. The fraction of sp³-hybridized carbons (Fsp3) is 0. The van der Waals surface area contributed by atoms with Crippen LogP contribution in [0.3, 0.4) is 0 Å². The highest BCUT2D eigenvalue weighted by molar-refractivity contribution is 5.87. The van der Waals surface area contributed by atoms with E-state index < -0.39 is 6.09 Å². The first kappa shape index (κ1) is 13.8. The van der Waals surface area contributed by atoms with E-state index in [1.165, 1.54) is 0 Å². The van der Waals surface area contributed by atoms with Gasteiger partial charge in [0.25, 0.3) is 0 Å². The molecule has 3 aromatic rings. The van der Waals surface area contributed by atoms with E-state index in [1.54, 1.807) is 24.5 Å². The minimum absolute atomic E-state index is 0.505. The molecule has 1 amide bonds. The zero-order chi connectivity index (χ0) is 15.2. The summed E-state index contributed by atoms with van der Waals surface area (Å²) >= 11 is 0. The first-order valence-corrected chi connectivity index (χ1v) is 6.85. The Hall–Kier alpha value is -3.14. The van der Waals surface area contributed by atoms with E-state index in [1.807, 2.05) is 54.6 Å². The van der Waals surface area contributed by atoms with Crippen molar-refractivity contribution in [1.82, 2.24) is 4.98 Å². The predicted molar refractivity (Wildman–Crippen MR) is 85.8 cm³/mol. The fourth-order valence-corrected chi connectivity index (χ4v) is 2.06. The molecule has 3 rings (SSSR count). The molecule has 0 aliphatic heterocycles. The molecule has 2 aromatic carbocycles. The highest BCUT2D eigenvalue weighted by Gasteiger charge is 2.05. The normalized spacial score (nSPS) is 10.0. The lowest BCUT2D eigenvalue weighted by Gasteiger charge is -2.08. The third-order valence-electron chi connectivity index (χ3n) is 3.08. The maximum absolute atomic E-state index is 11.9. The summed E-state index contributed by atoms with van der Waals surface area (Å²) in [4.78, 5) is 15.9. The second kappa shape index (κ2) is 6.54. The minimum atomic E-state index is -0.516. The Morgan fingerprint density at radius 1 is 0.864 bits per heavy atom. The summed E-state index contributed by atoms with van der Waals surface area (Å²) in [5.74, 6) is 0.505. The number of hydrogen-bond acceptors (Lipinski definition) is 3. The molecule has 1 heterocycles. The van der Waals surface area contributed by atoms with Gasteiger partial charge in [0.2, 0.25) is 0 Å². The van der Waals surface area contributed by atoms with Crippen LogP contribution in [0.5, 0.6) is 5.75 Å². The highest BCUT2D eigenvalue weighted by Crippen LogP contribution is 2.22. The largest absolute Gasteiger partial charge is 0.417 e. The number of benzene rings is 2. The van der Waals surface area contributed by atoms with Crippen LogP contribution >= 0.6 is 0 Å². The Morgan fingerprint density at radius 2 is 1.64 bits per heavy atom. The number of anilines is 1. The number of amides is 1. The van der Waals surface area contributed by atoms with Crippen molar-refractivity contribution in [2.24, 2.45) is 0 Å². The standard InChI is InChI=1S/C18H14N2O2/c21-18(22-17-7-2-1-3-8-17)20-16-6-4-5-15(13-16)14-9-11-19-12-10-14/h1-13H,(H,20,21). The molecule has 0 saturated carbocycles. The van der Waals surface area contributed by atoms with Crippen LogP contribution in [0.1, 0.15) is 0 Å². The molecule has 0 spiro atoms. The average molecular weight is 290 g/mol. The van der Waals surface area contributed by atoms with Gasteiger partial charge in [-0.15, -0.1) is 0 Å². The van der Waals surface area contributed by atoms with Crippen LogP contribution in [0, 0.1) is 0 Å². The van der Waals surface area contributed by atoms with Crippen molar-refractivity contribution in [3.63, 3.8) is 0 Å². The van der Waals surface area contributed by atoms with Crippen LogP contribution in [-0.2, 0) is 0 Å². The van der Waals surface area contributed by atoms with E-state index in [9.17, 15) is 4.79 Å². The van der Waals surface area contributed by atoms with Crippen molar-refractivity contribution < 1.29 is 9.53 Å². The zero-order valence-corrected chi connectivity index (χ0v) is 11.8. The number of ether oxygens (including phenoxy) is 1. The number of nitrogens with zero attached hydrogens (tertiary/aromatic N) is 1. The maximum Gasteiger partial charge on any atom is 0.417 e. The van der Waals surface area contributed by atoms with Gasteiger partial charge in [-0.25, -0.2) is 4.79 Å². The lowest BCUT2D eigenvalue weighted by molar-refractivity contribution is 0.215. The molecule has 0 aliphatic carbocycles. The van der Waals surface area contributed by atoms with Crippen LogP contribution in [0.2, 0.25) is 0 Å². The predicted octanol–water partition coefficient (Wildman–Crippen LogP) is 4.36. The molecule has 4 nitrogen and oxygen atoms in total. The van der Waals surface area contributed by atoms with Crippen molar-refractivity contribution in [3.05, 3.63) is 79.1 Å². The van der Waals surface area contributed by atoms with Gasteiger partial charge in [-0.3, -0.25) is 10.3 Å². The number of pyridine rings is 1. The van der Waals surface area contributed by atoms with E-state index in [4.69, 9.17) is 4.74 Å². The van der Waals surface area contributed by atoms with Crippen molar-refractivity contribution >= 4 is 11.8 Å². The third kappa shape index (κ3) is 3.49. The molecule has 4 heteroatoms. The van der Waals surface area contributed by atoms with Crippen molar-refractivity contribution in [3.8, 4) is 16.9 Å². The van der Waals surface area contributed by atoms with E-state index in [0.29, 0.717) is 11.4 Å². The quantitative estimate of drug-likeness (QED) is 0.779. The van der Waals surface area contributed by atoms with Crippen molar-refractivity contribution in [2.45, 2.75) is 0 Å². The van der Waals surface area contributed by atoms with Gasteiger partial charge in [-0.2, -0.15) is 0 Å². The fourth-order valence-electron chi connectivity index (χ4n) is 2.06. The number of hydrogen-bond donors (Lipinski definition) is 1. The van der Waals surface area contributed by atoms with E-state index >= 15 is 0 Å². The SMILES string of the molecule is O=C(Nc1cccc(-c2ccncc2)c1)Oc1ccccc1. The number of para-hydroxylation sites is 1. The lowest BCUT2D eigenvalue weighted by Crippen LogP contribution is -2.16. The molecule has 0 bridgehead atoms. The molecule has 0 saturated heterocycles. The number of aromatic nitrogens is 1. The van der Waals surface area contributed by atoms with Gasteiger partial charge in [-0.1, -0.05) is 30.3 Å². The van der Waals surface area contributed by atoms with Crippen LogP contribution in [0.4, 0.5) is 10.5 Å². The van der Waals surface area contributed by atoms with Gasteiger partial charge in [0, 0.05) is 18.1 Å². The summed E-state index contributed by atoms with van der Waals surface area (Å²) in [6, 6.07) is 20.3. The van der Waals surface area contributed by atoms with Gasteiger partial charge in [0.05, 0.1) is 0 Å². The van der Waals surface area contributed by atoms with E-state index in [2.05, 4.69) is 10.3 Å². The Balaban J connectivity index is 1.72. The minimum Gasteiger partial charge on any atom is -0.410 e. The summed E-state index contributed by atoms with van der Waals surface area (Å²) in [7, 11) is 0. The molecule has 0 fully saturated rings. The smallest absolute Gasteiger partial charge is 0.410 e. The first-order chi connectivity index (χ1) is 10.8. The number of nitrogens with one attached hydrogen (secondary N) is 1. The molecule has 108 valence electrons. The van der Waals surface area contributed by atoms with Crippen molar-refractivity contribution in [1.29, 1.82) is 0 Å². The summed E-state index contributed by atoms with van der Waals surface area (Å²) in [6.45, 7) is 0. The van der Waals surface area contributed by atoms with Crippen LogP contribution in [0.25, 0.3) is 11.1 Å². The molecule has 1 aromatic heterocycles. The van der Waals surface area contributed by atoms with Gasteiger partial charge < -0.3 is 4.74 Å². The van der Waals surface area contributed by atoms with Crippen molar-refractivity contribution in [2.75, 3.05) is 5.32 Å². The molecular formula is C18H14N2O2. The number of rotatable bonds is 3. The summed E-state index contributed by atoms with van der Waals surface area (Å²) in [6.07, 6.45) is 2.95. The van der Waals surface area contributed by atoms with Crippen LogP contribution < -0.4 is 10.1 Å². The van der Waals surface area contributed by atoms with E-state index in [-0.39, 0.29) is 0 Å². The Labute approximate surface area is 128 Å². The zero-order valence-electron chi connectivity index (χ0n) is 11.8. The number of carbonyl (C=O) groups excluding carboxylic acids is 1. The molecule has 1 N–H and O–H groups in total. The van der Waals surface area contributed by atoms with Gasteiger partial charge in [0.15, 0.2) is 0 Å². The second-order valence-corrected chi connectivity index (χ2v) is 4.64. The highest BCUT2D eigenvalue weighted by atomic mass is 16.6. The topological polar surface area (TPSA) is 51.2 Å². The summed E-state index contributed by atoms with van der Waals surface area (Å²) in [5.41, 5.74) is 2.71. The van der Waals surface area contributed by atoms with Crippen LogP contribution in [-0.4, -0.2) is 11.1 Å². The average Bonchev–Trinajstić information content (AvgIpc) is 2.57. The van der Waals surface area contributed by atoms with Crippen LogP contribution in [0.15, 0.2) is 79.1 Å². The number of carbonyl (C=O) groups is 1. The van der Waals surface area contributed by atoms with Gasteiger partial charge in [0.1, 0.15) is 5.75 Å². The molecule has 22 heavy (non-hydrogen) atoms. The monoisotopic (exact) mass is 290 g/mol. The third-order valence-corrected chi connectivity index (χ3v) is 3.08. The summed E-state index contributed by atoms with van der Waals surface area (Å²) in [5, 5.41) is 2.72. The summed E-state index contributed by atoms with van der Waals surface area (Å²) < 4.78 is 5.20. The Kier molecular flexibility index (Phi) is 4.11. The maximum atomic E-state index is 11.9. The van der Waals surface area contributed by atoms with Gasteiger partial charge >= 0.3 is 6.09 Å². The molecule has 0 unspecified atom stereocenters. The molecule has 0 aliphatic rings. The van der Waals surface area contributed by atoms with E-state index in [0.717, 1.165) is 11.1 Å². The lowest BCUT2D eigenvalue weighted by atomic mass is 10.1. The molecular weight excluding hydrogens is 276 g/mol. The molecule has 0 atom stereocenters. The van der Waals surface area contributed by atoms with Gasteiger partial charge in [-0.05, 0) is 47.5 Å². The molecule has 0 radical (unpaired) electrons.